The van der Waals surface area contributed by atoms with Crippen molar-refractivity contribution in [1.82, 2.24) is 0 Å². The third-order valence-corrected chi connectivity index (χ3v) is 2.90. The Morgan fingerprint density at radius 2 is 2.00 bits per heavy atom. The predicted octanol–water partition coefficient (Wildman–Crippen LogP) is 4.27. The van der Waals surface area contributed by atoms with E-state index in [9.17, 15) is 0 Å². The molecule has 0 heterocycles. The third kappa shape index (κ3) is 4.48. The molecule has 0 rings (SSSR count). The van der Waals surface area contributed by atoms with Gasteiger partial charge in [-0.25, -0.2) is 0 Å². The molecule has 0 spiro atoms. The summed E-state index contributed by atoms with van der Waals surface area (Å²) in [5, 5.41) is 0. The van der Waals surface area contributed by atoms with Crippen LogP contribution in [0.1, 0.15) is 39.5 Å². The molecule has 1 heteroatoms. The van der Waals surface area contributed by atoms with Crippen LogP contribution in [0.3, 0.4) is 0 Å². The second-order valence-electron chi connectivity index (χ2n) is 3.85. The molecular formula is C14H24O. The van der Waals surface area contributed by atoms with Crippen molar-refractivity contribution < 1.29 is 4.74 Å². The standard InChI is InChI=1S/C14H24O/c1-6-10-13(8-3)12-14(9-4,15-5)11-7-2/h6,8,10H,1,3,7,9,11-12H2,2,4-5H3/b13-10+. The summed E-state index contributed by atoms with van der Waals surface area (Å²) in [5.74, 6) is 0. The van der Waals surface area contributed by atoms with Crippen molar-refractivity contribution in [3.63, 3.8) is 0 Å². The van der Waals surface area contributed by atoms with E-state index in [4.69, 9.17) is 4.74 Å². The molecular weight excluding hydrogens is 184 g/mol. The second kappa shape index (κ2) is 7.47. The molecule has 0 aromatic heterocycles. The van der Waals surface area contributed by atoms with Gasteiger partial charge in [0.05, 0.1) is 5.60 Å². The van der Waals surface area contributed by atoms with Crippen LogP contribution in [0, 0.1) is 0 Å². The van der Waals surface area contributed by atoms with Crippen LogP contribution in [-0.4, -0.2) is 12.7 Å². The van der Waals surface area contributed by atoms with Crippen molar-refractivity contribution in [3.05, 3.63) is 37.0 Å². The van der Waals surface area contributed by atoms with E-state index in [0.29, 0.717) is 0 Å². The lowest BCUT2D eigenvalue weighted by molar-refractivity contribution is -0.0201. The molecule has 0 saturated carbocycles. The van der Waals surface area contributed by atoms with Gasteiger partial charge in [-0.1, -0.05) is 51.7 Å². The van der Waals surface area contributed by atoms with E-state index in [-0.39, 0.29) is 5.60 Å². The molecule has 15 heavy (non-hydrogen) atoms. The SMILES string of the molecule is C=C/C=C(\C=C)CC(CC)(CCC)OC. The van der Waals surface area contributed by atoms with Gasteiger partial charge in [-0.15, -0.1) is 0 Å². The van der Waals surface area contributed by atoms with E-state index in [1.54, 1.807) is 13.2 Å². The van der Waals surface area contributed by atoms with Crippen LogP contribution in [0.4, 0.5) is 0 Å². The first-order chi connectivity index (χ1) is 7.17. The minimum atomic E-state index is -0.0300. The minimum absolute atomic E-state index is 0.0300. The minimum Gasteiger partial charge on any atom is -0.378 e. The van der Waals surface area contributed by atoms with Gasteiger partial charge in [0.2, 0.25) is 0 Å². The summed E-state index contributed by atoms with van der Waals surface area (Å²) in [6, 6.07) is 0. The molecule has 0 amide bonds. The average molecular weight is 208 g/mol. The summed E-state index contributed by atoms with van der Waals surface area (Å²) in [5.41, 5.74) is 1.17. The van der Waals surface area contributed by atoms with E-state index < -0.39 is 0 Å². The van der Waals surface area contributed by atoms with Gasteiger partial charge < -0.3 is 4.74 Å². The normalized spacial score (nSPS) is 15.8. The van der Waals surface area contributed by atoms with Gasteiger partial charge in [0, 0.05) is 13.5 Å². The molecule has 1 atom stereocenters. The number of hydrogen-bond acceptors (Lipinski definition) is 1. The molecule has 0 aromatic rings. The van der Waals surface area contributed by atoms with Crippen molar-refractivity contribution in [2.75, 3.05) is 7.11 Å². The molecule has 0 saturated heterocycles. The van der Waals surface area contributed by atoms with Gasteiger partial charge in [-0.05, 0) is 18.4 Å². The fourth-order valence-electron chi connectivity index (χ4n) is 1.89. The number of rotatable bonds is 8. The van der Waals surface area contributed by atoms with Crippen LogP contribution < -0.4 is 0 Å². The maximum Gasteiger partial charge on any atom is 0.0716 e. The zero-order chi connectivity index (χ0) is 11.7. The molecule has 0 aliphatic heterocycles. The number of hydrogen-bond donors (Lipinski definition) is 0. The first-order valence-corrected chi connectivity index (χ1v) is 5.67. The Balaban J connectivity index is 4.70. The maximum atomic E-state index is 5.68. The molecule has 86 valence electrons. The van der Waals surface area contributed by atoms with Crippen LogP contribution in [0.5, 0.6) is 0 Å². The van der Waals surface area contributed by atoms with E-state index in [2.05, 4.69) is 27.0 Å². The highest BCUT2D eigenvalue weighted by atomic mass is 16.5. The summed E-state index contributed by atoms with van der Waals surface area (Å²) in [7, 11) is 1.80. The lowest BCUT2D eigenvalue weighted by atomic mass is 9.87. The molecule has 0 bridgehead atoms. The predicted molar refractivity (Wildman–Crippen MR) is 68.0 cm³/mol. The van der Waals surface area contributed by atoms with Gasteiger partial charge in [0.15, 0.2) is 0 Å². The lowest BCUT2D eigenvalue weighted by Gasteiger charge is -2.31. The van der Waals surface area contributed by atoms with Crippen molar-refractivity contribution in [1.29, 1.82) is 0 Å². The molecule has 0 N–H and O–H groups in total. The zero-order valence-electron chi connectivity index (χ0n) is 10.4. The zero-order valence-corrected chi connectivity index (χ0v) is 10.4. The Bertz CT molecular complexity index is 221. The monoisotopic (exact) mass is 208 g/mol. The topological polar surface area (TPSA) is 9.23 Å². The highest BCUT2D eigenvalue weighted by Gasteiger charge is 2.26. The Kier molecular flexibility index (Phi) is 7.06. The van der Waals surface area contributed by atoms with Crippen molar-refractivity contribution in [2.45, 2.75) is 45.1 Å². The fourth-order valence-corrected chi connectivity index (χ4v) is 1.89. The summed E-state index contributed by atoms with van der Waals surface area (Å²) in [6.45, 7) is 11.9. The fraction of sp³-hybridized carbons (Fsp3) is 0.571. The van der Waals surface area contributed by atoms with E-state index in [0.717, 1.165) is 25.7 Å². The molecule has 0 fully saturated rings. The Morgan fingerprint density at radius 1 is 1.33 bits per heavy atom. The van der Waals surface area contributed by atoms with Crippen molar-refractivity contribution >= 4 is 0 Å². The number of allylic oxidation sites excluding steroid dienone is 3. The molecule has 0 aliphatic carbocycles. The van der Waals surface area contributed by atoms with Gasteiger partial charge >= 0.3 is 0 Å². The average Bonchev–Trinajstić information content (AvgIpc) is 2.27. The maximum absolute atomic E-state index is 5.68. The lowest BCUT2D eigenvalue weighted by Crippen LogP contribution is -2.30. The van der Waals surface area contributed by atoms with E-state index in [1.807, 2.05) is 12.2 Å². The van der Waals surface area contributed by atoms with Crippen LogP contribution in [-0.2, 0) is 4.74 Å². The first kappa shape index (κ1) is 14.2. The van der Waals surface area contributed by atoms with Gasteiger partial charge in [-0.2, -0.15) is 0 Å². The van der Waals surface area contributed by atoms with E-state index in [1.165, 1.54) is 5.57 Å². The molecule has 0 aromatic carbocycles. The second-order valence-corrected chi connectivity index (χ2v) is 3.85. The molecule has 1 nitrogen and oxygen atoms in total. The van der Waals surface area contributed by atoms with Crippen molar-refractivity contribution in [3.8, 4) is 0 Å². The highest BCUT2D eigenvalue weighted by Crippen LogP contribution is 2.29. The summed E-state index contributed by atoms with van der Waals surface area (Å²) < 4.78 is 5.68. The molecule has 0 radical (unpaired) electrons. The largest absolute Gasteiger partial charge is 0.378 e. The Morgan fingerprint density at radius 3 is 2.33 bits per heavy atom. The summed E-state index contributed by atoms with van der Waals surface area (Å²) >= 11 is 0. The quantitative estimate of drug-likeness (QED) is 0.541. The Labute approximate surface area is 94.5 Å². The molecule has 0 aliphatic rings. The van der Waals surface area contributed by atoms with Gasteiger partial charge in [0.1, 0.15) is 0 Å². The van der Waals surface area contributed by atoms with Gasteiger partial charge in [-0.3, -0.25) is 0 Å². The van der Waals surface area contributed by atoms with Crippen LogP contribution >= 0.6 is 0 Å². The Hall–Kier alpha value is -0.820. The van der Waals surface area contributed by atoms with Gasteiger partial charge in [0.25, 0.3) is 0 Å². The highest BCUT2D eigenvalue weighted by molar-refractivity contribution is 5.23. The first-order valence-electron chi connectivity index (χ1n) is 5.67. The summed E-state index contributed by atoms with van der Waals surface area (Å²) in [6.07, 6.45) is 9.87. The number of methoxy groups -OCH3 is 1. The van der Waals surface area contributed by atoms with Crippen LogP contribution in [0.2, 0.25) is 0 Å². The van der Waals surface area contributed by atoms with E-state index >= 15 is 0 Å². The number of ether oxygens (including phenoxy) is 1. The molecule has 1 unspecified atom stereocenters. The van der Waals surface area contributed by atoms with Crippen molar-refractivity contribution in [2.24, 2.45) is 0 Å². The summed E-state index contributed by atoms with van der Waals surface area (Å²) in [4.78, 5) is 0. The third-order valence-electron chi connectivity index (χ3n) is 2.90. The smallest absolute Gasteiger partial charge is 0.0716 e. The van der Waals surface area contributed by atoms with Crippen LogP contribution in [0.25, 0.3) is 0 Å². The van der Waals surface area contributed by atoms with Crippen LogP contribution in [0.15, 0.2) is 37.0 Å².